The van der Waals surface area contributed by atoms with E-state index in [0.29, 0.717) is 11.7 Å². The minimum atomic E-state index is 0.166. The van der Waals surface area contributed by atoms with Crippen LogP contribution in [0.25, 0.3) is 0 Å². The summed E-state index contributed by atoms with van der Waals surface area (Å²) in [5.74, 6) is 1.73. The molecule has 2 rings (SSSR count). The summed E-state index contributed by atoms with van der Waals surface area (Å²) in [6.07, 6.45) is 4.88. The van der Waals surface area contributed by atoms with E-state index >= 15 is 0 Å². The molecule has 0 spiro atoms. The second kappa shape index (κ2) is 4.55. The van der Waals surface area contributed by atoms with Crippen LogP contribution in [0.3, 0.4) is 0 Å². The van der Waals surface area contributed by atoms with Crippen molar-refractivity contribution in [1.29, 1.82) is 0 Å². The van der Waals surface area contributed by atoms with Crippen molar-refractivity contribution in [2.75, 3.05) is 11.5 Å². The van der Waals surface area contributed by atoms with Crippen LogP contribution in [0.2, 0.25) is 0 Å². The Morgan fingerprint density at radius 1 is 1.31 bits per heavy atom. The van der Waals surface area contributed by atoms with E-state index in [1.165, 1.54) is 12.8 Å². The molecule has 1 aliphatic rings. The van der Waals surface area contributed by atoms with Crippen LogP contribution in [-0.2, 0) is 0 Å². The molecule has 5 heteroatoms. The Morgan fingerprint density at radius 2 is 2.12 bits per heavy atom. The molecule has 16 heavy (non-hydrogen) atoms. The highest BCUT2D eigenvalue weighted by molar-refractivity contribution is 5.38. The van der Waals surface area contributed by atoms with Gasteiger partial charge < -0.3 is 16.2 Å². The summed E-state index contributed by atoms with van der Waals surface area (Å²) in [5, 5.41) is 0. The summed E-state index contributed by atoms with van der Waals surface area (Å²) in [6.45, 7) is 2.25. The van der Waals surface area contributed by atoms with E-state index < -0.39 is 0 Å². The lowest BCUT2D eigenvalue weighted by Gasteiger charge is -2.26. The minimum Gasteiger partial charge on any atom is -0.474 e. The number of aromatic nitrogens is 2. The number of anilines is 2. The SMILES string of the molecule is CC1CCCC(Oc2cc(N)nc(N)n2)C1. The van der Waals surface area contributed by atoms with Crippen LogP contribution < -0.4 is 16.2 Å². The predicted molar refractivity (Wildman–Crippen MR) is 62.9 cm³/mol. The number of hydrogen-bond donors (Lipinski definition) is 2. The number of hydrogen-bond acceptors (Lipinski definition) is 5. The van der Waals surface area contributed by atoms with Crippen molar-refractivity contribution in [3.8, 4) is 5.88 Å². The van der Waals surface area contributed by atoms with Gasteiger partial charge in [0, 0.05) is 6.07 Å². The second-order valence-electron chi connectivity index (χ2n) is 4.50. The van der Waals surface area contributed by atoms with Gasteiger partial charge in [-0.25, -0.2) is 0 Å². The van der Waals surface area contributed by atoms with Crippen molar-refractivity contribution in [2.45, 2.75) is 38.7 Å². The normalized spacial score (nSPS) is 25.3. The van der Waals surface area contributed by atoms with Crippen LogP contribution >= 0.6 is 0 Å². The van der Waals surface area contributed by atoms with Gasteiger partial charge in [0.05, 0.1) is 0 Å². The number of rotatable bonds is 2. The zero-order valence-electron chi connectivity index (χ0n) is 9.52. The molecule has 0 bridgehead atoms. The number of ether oxygens (including phenoxy) is 1. The van der Waals surface area contributed by atoms with Gasteiger partial charge >= 0.3 is 0 Å². The number of nitrogens with zero attached hydrogens (tertiary/aromatic N) is 2. The highest BCUT2D eigenvalue weighted by Crippen LogP contribution is 2.27. The fraction of sp³-hybridized carbons (Fsp3) is 0.636. The van der Waals surface area contributed by atoms with Crippen LogP contribution in [-0.4, -0.2) is 16.1 Å². The summed E-state index contributed by atoms with van der Waals surface area (Å²) in [4.78, 5) is 7.82. The average Bonchev–Trinajstić information content (AvgIpc) is 2.15. The van der Waals surface area contributed by atoms with Gasteiger partial charge in [0.1, 0.15) is 11.9 Å². The number of nitrogens with two attached hydrogens (primary N) is 2. The molecule has 0 radical (unpaired) electrons. The quantitative estimate of drug-likeness (QED) is 0.793. The molecule has 1 aliphatic carbocycles. The first-order chi connectivity index (χ1) is 7.63. The Bertz CT molecular complexity index is 349. The lowest BCUT2D eigenvalue weighted by molar-refractivity contribution is 0.124. The summed E-state index contributed by atoms with van der Waals surface area (Å²) in [6, 6.07) is 1.62. The molecule has 2 unspecified atom stereocenters. The van der Waals surface area contributed by atoms with Crippen molar-refractivity contribution >= 4 is 11.8 Å². The Hall–Kier alpha value is -1.52. The maximum absolute atomic E-state index is 5.78. The van der Waals surface area contributed by atoms with Crippen molar-refractivity contribution in [3.63, 3.8) is 0 Å². The third-order valence-corrected chi connectivity index (χ3v) is 2.92. The van der Waals surface area contributed by atoms with E-state index in [1.54, 1.807) is 6.07 Å². The second-order valence-corrected chi connectivity index (χ2v) is 4.50. The molecule has 88 valence electrons. The van der Waals surface area contributed by atoms with Gasteiger partial charge in [-0.2, -0.15) is 9.97 Å². The van der Waals surface area contributed by atoms with Gasteiger partial charge in [-0.1, -0.05) is 13.3 Å². The van der Waals surface area contributed by atoms with Crippen LogP contribution in [0.15, 0.2) is 6.07 Å². The molecule has 1 heterocycles. The summed E-state index contributed by atoms with van der Waals surface area (Å²) in [7, 11) is 0. The van der Waals surface area contributed by atoms with Crippen molar-refractivity contribution in [1.82, 2.24) is 9.97 Å². The van der Waals surface area contributed by atoms with E-state index in [2.05, 4.69) is 16.9 Å². The van der Waals surface area contributed by atoms with Gasteiger partial charge in [0.25, 0.3) is 0 Å². The third-order valence-electron chi connectivity index (χ3n) is 2.92. The Balaban J connectivity index is 2.02. The summed E-state index contributed by atoms with van der Waals surface area (Å²) in [5.41, 5.74) is 11.1. The largest absolute Gasteiger partial charge is 0.474 e. The molecule has 4 N–H and O–H groups in total. The fourth-order valence-corrected chi connectivity index (χ4v) is 2.18. The van der Waals surface area contributed by atoms with E-state index in [4.69, 9.17) is 16.2 Å². The van der Waals surface area contributed by atoms with Gasteiger partial charge in [0.2, 0.25) is 11.8 Å². The fourth-order valence-electron chi connectivity index (χ4n) is 2.18. The van der Waals surface area contributed by atoms with E-state index in [9.17, 15) is 0 Å². The molecule has 1 aromatic heterocycles. The third kappa shape index (κ3) is 2.74. The predicted octanol–water partition coefficient (Wildman–Crippen LogP) is 1.60. The Morgan fingerprint density at radius 3 is 2.81 bits per heavy atom. The Kier molecular flexibility index (Phi) is 3.12. The molecule has 1 aromatic rings. The summed E-state index contributed by atoms with van der Waals surface area (Å²) < 4.78 is 5.78. The maximum Gasteiger partial charge on any atom is 0.225 e. The number of nitrogen functional groups attached to an aromatic ring is 2. The Labute approximate surface area is 95.2 Å². The molecule has 2 atom stereocenters. The topological polar surface area (TPSA) is 87.0 Å². The first-order valence-corrected chi connectivity index (χ1v) is 5.70. The molecule has 0 aromatic carbocycles. The van der Waals surface area contributed by atoms with Crippen LogP contribution in [0.5, 0.6) is 5.88 Å². The van der Waals surface area contributed by atoms with Gasteiger partial charge in [-0.3, -0.25) is 0 Å². The molecule has 1 saturated carbocycles. The molecular formula is C11H18N4O. The first-order valence-electron chi connectivity index (χ1n) is 5.70. The highest BCUT2D eigenvalue weighted by atomic mass is 16.5. The summed E-state index contributed by atoms with van der Waals surface area (Å²) >= 11 is 0. The van der Waals surface area contributed by atoms with Gasteiger partial charge in [-0.15, -0.1) is 0 Å². The smallest absolute Gasteiger partial charge is 0.225 e. The van der Waals surface area contributed by atoms with E-state index in [0.717, 1.165) is 18.8 Å². The van der Waals surface area contributed by atoms with E-state index in [-0.39, 0.29) is 12.1 Å². The molecule has 1 fully saturated rings. The monoisotopic (exact) mass is 222 g/mol. The lowest BCUT2D eigenvalue weighted by Crippen LogP contribution is -2.24. The lowest BCUT2D eigenvalue weighted by atomic mass is 9.89. The molecule has 5 nitrogen and oxygen atoms in total. The van der Waals surface area contributed by atoms with Crippen molar-refractivity contribution in [3.05, 3.63) is 6.07 Å². The standard InChI is InChI=1S/C11H18N4O/c1-7-3-2-4-8(5-7)16-10-6-9(12)14-11(13)15-10/h6-8H,2-5H2,1H3,(H4,12,13,14,15). The minimum absolute atomic E-state index is 0.166. The first kappa shape index (κ1) is 11.0. The van der Waals surface area contributed by atoms with Crippen molar-refractivity contribution in [2.24, 2.45) is 5.92 Å². The molecule has 0 amide bonds. The highest BCUT2D eigenvalue weighted by Gasteiger charge is 2.20. The van der Waals surface area contributed by atoms with Crippen molar-refractivity contribution < 1.29 is 4.74 Å². The van der Waals surface area contributed by atoms with Crippen LogP contribution in [0, 0.1) is 5.92 Å². The van der Waals surface area contributed by atoms with Gasteiger partial charge in [0.15, 0.2) is 0 Å². The van der Waals surface area contributed by atoms with Crippen LogP contribution in [0.1, 0.15) is 32.6 Å². The maximum atomic E-state index is 5.78. The zero-order valence-corrected chi connectivity index (χ0v) is 9.52. The van der Waals surface area contributed by atoms with Gasteiger partial charge in [-0.05, 0) is 25.2 Å². The molecule has 0 saturated heterocycles. The van der Waals surface area contributed by atoms with Crippen LogP contribution in [0.4, 0.5) is 11.8 Å². The average molecular weight is 222 g/mol. The zero-order chi connectivity index (χ0) is 11.5. The van der Waals surface area contributed by atoms with E-state index in [1.807, 2.05) is 0 Å². The molecule has 0 aliphatic heterocycles. The molecular weight excluding hydrogens is 204 g/mol.